The van der Waals surface area contributed by atoms with E-state index >= 15 is 0 Å². The maximum atomic E-state index is 11.1. The van der Waals surface area contributed by atoms with Crippen LogP contribution in [0.4, 0.5) is 0 Å². The summed E-state index contributed by atoms with van der Waals surface area (Å²) in [6.45, 7) is 6.02. The fourth-order valence-electron chi connectivity index (χ4n) is 1.80. The van der Waals surface area contributed by atoms with Gasteiger partial charge in [0.25, 0.3) is 0 Å². The third-order valence-corrected chi connectivity index (χ3v) is 3.75. The first-order valence-electron chi connectivity index (χ1n) is 5.95. The Morgan fingerprint density at radius 3 is 2.44 bits per heavy atom. The van der Waals surface area contributed by atoms with Crippen molar-refractivity contribution in [2.45, 2.75) is 27.2 Å². The molecule has 1 aromatic carbocycles. The zero-order valence-corrected chi connectivity index (χ0v) is 12.0. The molecule has 4 nitrogen and oxygen atoms in total. The second-order valence-electron chi connectivity index (χ2n) is 5.22. The van der Waals surface area contributed by atoms with Crippen molar-refractivity contribution in [3.8, 4) is 5.75 Å². The summed E-state index contributed by atoms with van der Waals surface area (Å²) in [6, 6.07) is 7.76. The van der Waals surface area contributed by atoms with E-state index in [2.05, 4.69) is 6.92 Å². The topological polar surface area (TPSA) is 69.4 Å². The average Bonchev–Trinajstić information content (AvgIpc) is 2.23. The van der Waals surface area contributed by atoms with Crippen LogP contribution in [0.25, 0.3) is 0 Å². The monoisotopic (exact) mass is 271 g/mol. The molecule has 0 aromatic heterocycles. The van der Waals surface area contributed by atoms with Crippen LogP contribution in [0.15, 0.2) is 24.3 Å². The van der Waals surface area contributed by atoms with E-state index in [1.165, 1.54) is 0 Å². The molecule has 2 N–H and O–H groups in total. The lowest BCUT2D eigenvalue weighted by Crippen LogP contribution is -2.33. The van der Waals surface area contributed by atoms with E-state index in [9.17, 15) is 8.42 Å². The van der Waals surface area contributed by atoms with Crippen LogP contribution in [-0.4, -0.2) is 20.8 Å². The molecule has 5 heteroatoms. The Morgan fingerprint density at radius 2 is 1.89 bits per heavy atom. The summed E-state index contributed by atoms with van der Waals surface area (Å²) in [5.74, 6) is 0.719. The number of primary sulfonamides is 1. The van der Waals surface area contributed by atoms with Gasteiger partial charge in [0.05, 0.1) is 12.4 Å². The van der Waals surface area contributed by atoms with E-state index in [-0.39, 0.29) is 5.75 Å². The number of nitrogens with two attached hydrogens (primary N) is 1. The Balaban J connectivity index is 2.70. The van der Waals surface area contributed by atoms with Gasteiger partial charge in [-0.2, -0.15) is 0 Å². The SMILES string of the molecule is CCc1ccccc1OCC(C)(C)CS(N)(=O)=O. The van der Waals surface area contributed by atoms with Crippen molar-refractivity contribution < 1.29 is 13.2 Å². The summed E-state index contributed by atoms with van der Waals surface area (Å²) >= 11 is 0. The summed E-state index contributed by atoms with van der Waals surface area (Å²) in [4.78, 5) is 0. The first-order chi connectivity index (χ1) is 8.23. The normalized spacial score (nSPS) is 12.4. The third-order valence-electron chi connectivity index (χ3n) is 2.56. The molecule has 0 saturated carbocycles. The molecule has 18 heavy (non-hydrogen) atoms. The molecule has 1 rings (SSSR count). The Bertz CT molecular complexity index is 495. The fourth-order valence-corrected chi connectivity index (χ4v) is 2.97. The number of hydrogen-bond acceptors (Lipinski definition) is 3. The van der Waals surface area contributed by atoms with Gasteiger partial charge in [0.15, 0.2) is 0 Å². The van der Waals surface area contributed by atoms with Crippen LogP contribution in [0.3, 0.4) is 0 Å². The number of sulfonamides is 1. The maximum Gasteiger partial charge on any atom is 0.209 e. The fraction of sp³-hybridized carbons (Fsp3) is 0.538. The number of benzene rings is 1. The molecule has 0 aliphatic carbocycles. The van der Waals surface area contributed by atoms with Crippen LogP contribution in [0.2, 0.25) is 0 Å². The van der Waals surface area contributed by atoms with Crippen molar-refractivity contribution in [3.63, 3.8) is 0 Å². The number of para-hydroxylation sites is 1. The molecular weight excluding hydrogens is 250 g/mol. The van der Waals surface area contributed by atoms with Gasteiger partial charge in [0.2, 0.25) is 10.0 Å². The largest absolute Gasteiger partial charge is 0.493 e. The van der Waals surface area contributed by atoms with Crippen molar-refractivity contribution in [3.05, 3.63) is 29.8 Å². The molecule has 0 atom stereocenters. The minimum absolute atomic E-state index is 0.0890. The highest BCUT2D eigenvalue weighted by molar-refractivity contribution is 7.89. The molecule has 0 unspecified atom stereocenters. The molecule has 102 valence electrons. The molecule has 0 saturated heterocycles. The van der Waals surface area contributed by atoms with Crippen molar-refractivity contribution in [2.24, 2.45) is 10.6 Å². The lowest BCUT2D eigenvalue weighted by atomic mass is 9.98. The van der Waals surface area contributed by atoms with E-state index in [4.69, 9.17) is 9.88 Å². The van der Waals surface area contributed by atoms with Gasteiger partial charge in [-0.3, -0.25) is 0 Å². The van der Waals surface area contributed by atoms with E-state index < -0.39 is 15.4 Å². The Hall–Kier alpha value is -1.07. The number of aryl methyl sites for hydroxylation is 1. The van der Waals surface area contributed by atoms with Crippen LogP contribution in [-0.2, 0) is 16.4 Å². The van der Waals surface area contributed by atoms with Gasteiger partial charge >= 0.3 is 0 Å². The highest BCUT2D eigenvalue weighted by atomic mass is 32.2. The van der Waals surface area contributed by atoms with Gasteiger partial charge in [0, 0.05) is 5.41 Å². The second kappa shape index (κ2) is 5.71. The second-order valence-corrected chi connectivity index (χ2v) is 6.84. The van der Waals surface area contributed by atoms with E-state index in [0.29, 0.717) is 6.61 Å². The number of ether oxygens (including phenoxy) is 1. The van der Waals surface area contributed by atoms with Crippen LogP contribution in [0.5, 0.6) is 5.75 Å². The molecule has 0 aliphatic rings. The standard InChI is InChI=1S/C13H21NO3S/c1-4-11-7-5-6-8-12(11)17-9-13(2,3)10-18(14,15)16/h5-8H,4,9-10H2,1-3H3,(H2,14,15,16). The molecule has 0 radical (unpaired) electrons. The first kappa shape index (κ1) is 15.0. The maximum absolute atomic E-state index is 11.1. The highest BCUT2D eigenvalue weighted by Gasteiger charge is 2.25. The minimum atomic E-state index is -3.48. The summed E-state index contributed by atoms with van der Waals surface area (Å²) in [6.07, 6.45) is 0.881. The molecule has 0 bridgehead atoms. The van der Waals surface area contributed by atoms with Crippen LogP contribution < -0.4 is 9.88 Å². The summed E-state index contributed by atoms with van der Waals surface area (Å²) in [5.41, 5.74) is 0.609. The lowest BCUT2D eigenvalue weighted by Gasteiger charge is -2.24. The lowest BCUT2D eigenvalue weighted by molar-refractivity contribution is 0.198. The van der Waals surface area contributed by atoms with Crippen molar-refractivity contribution in [1.29, 1.82) is 0 Å². The first-order valence-corrected chi connectivity index (χ1v) is 7.66. The molecule has 0 heterocycles. The van der Waals surface area contributed by atoms with Gasteiger partial charge in [-0.25, -0.2) is 13.6 Å². The van der Waals surface area contributed by atoms with Crippen LogP contribution in [0, 0.1) is 5.41 Å². The molecule has 1 aromatic rings. The molecule has 0 fully saturated rings. The van der Waals surface area contributed by atoms with Crippen LogP contribution >= 0.6 is 0 Å². The number of rotatable bonds is 6. The quantitative estimate of drug-likeness (QED) is 0.859. The predicted octanol–water partition coefficient (Wildman–Crippen LogP) is 1.94. The average molecular weight is 271 g/mol. The molecule has 0 spiro atoms. The summed E-state index contributed by atoms with van der Waals surface area (Å²) < 4.78 is 27.9. The van der Waals surface area contributed by atoms with Gasteiger partial charge in [-0.05, 0) is 18.1 Å². The van der Waals surface area contributed by atoms with E-state index in [1.807, 2.05) is 38.1 Å². The third kappa shape index (κ3) is 5.06. The highest BCUT2D eigenvalue weighted by Crippen LogP contribution is 2.23. The van der Waals surface area contributed by atoms with Crippen molar-refractivity contribution >= 4 is 10.0 Å². The Morgan fingerprint density at radius 1 is 1.28 bits per heavy atom. The van der Waals surface area contributed by atoms with E-state index in [1.54, 1.807) is 0 Å². The van der Waals surface area contributed by atoms with Gasteiger partial charge in [0.1, 0.15) is 5.75 Å². The number of hydrogen-bond donors (Lipinski definition) is 1. The smallest absolute Gasteiger partial charge is 0.209 e. The minimum Gasteiger partial charge on any atom is -0.493 e. The molecular formula is C13H21NO3S. The molecule has 0 aliphatic heterocycles. The summed E-state index contributed by atoms with van der Waals surface area (Å²) in [5, 5.41) is 5.06. The van der Waals surface area contributed by atoms with Crippen molar-refractivity contribution in [1.82, 2.24) is 0 Å². The van der Waals surface area contributed by atoms with Crippen LogP contribution in [0.1, 0.15) is 26.3 Å². The molecule has 0 amide bonds. The summed E-state index contributed by atoms with van der Waals surface area (Å²) in [7, 11) is -3.48. The zero-order chi connectivity index (χ0) is 13.8. The Labute approximate surface area is 109 Å². The van der Waals surface area contributed by atoms with Gasteiger partial charge in [-0.1, -0.05) is 39.0 Å². The predicted molar refractivity (Wildman–Crippen MR) is 73.1 cm³/mol. The van der Waals surface area contributed by atoms with Gasteiger partial charge < -0.3 is 4.74 Å². The van der Waals surface area contributed by atoms with Gasteiger partial charge in [-0.15, -0.1) is 0 Å². The van der Waals surface area contributed by atoms with E-state index in [0.717, 1.165) is 17.7 Å². The Kier molecular flexibility index (Phi) is 4.76. The zero-order valence-electron chi connectivity index (χ0n) is 11.1. The van der Waals surface area contributed by atoms with Crippen molar-refractivity contribution in [2.75, 3.05) is 12.4 Å².